The highest BCUT2D eigenvalue weighted by molar-refractivity contribution is 7.09. The third-order valence-corrected chi connectivity index (χ3v) is 4.56. The van der Waals surface area contributed by atoms with E-state index in [4.69, 9.17) is 0 Å². The standard InChI is InChI=1S/C16H20N4S/c1-12(2)20(7-5-16-17-6-8-21-16)11-13-3-4-14-10-18-19-15(14)9-13/h3-4,6,8-10,12H,5,7,11H2,1-2H3,(H,18,19). The van der Waals surface area contributed by atoms with Gasteiger partial charge in [0.05, 0.1) is 16.7 Å². The number of H-pyrrole nitrogens is 1. The fraction of sp³-hybridized carbons (Fsp3) is 0.375. The molecule has 0 atom stereocenters. The second-order valence-electron chi connectivity index (χ2n) is 5.53. The monoisotopic (exact) mass is 300 g/mol. The molecule has 0 aliphatic carbocycles. The fourth-order valence-corrected chi connectivity index (χ4v) is 3.06. The Morgan fingerprint density at radius 3 is 3.00 bits per heavy atom. The summed E-state index contributed by atoms with van der Waals surface area (Å²) < 4.78 is 0. The van der Waals surface area contributed by atoms with E-state index < -0.39 is 0 Å². The minimum absolute atomic E-state index is 0.516. The Hall–Kier alpha value is -1.72. The van der Waals surface area contributed by atoms with E-state index in [0.717, 1.165) is 30.4 Å². The molecule has 0 bridgehead atoms. The first-order chi connectivity index (χ1) is 10.2. The maximum absolute atomic E-state index is 4.37. The molecule has 1 aromatic carbocycles. The molecule has 3 rings (SSSR count). The molecule has 0 unspecified atom stereocenters. The molecule has 0 aliphatic heterocycles. The number of fused-ring (bicyclic) bond motifs is 1. The number of hydrogen-bond acceptors (Lipinski definition) is 4. The molecule has 0 radical (unpaired) electrons. The summed E-state index contributed by atoms with van der Waals surface area (Å²) in [6.45, 7) is 6.48. The first-order valence-electron chi connectivity index (χ1n) is 7.27. The summed E-state index contributed by atoms with van der Waals surface area (Å²) in [5, 5.41) is 11.5. The molecule has 0 fully saturated rings. The van der Waals surface area contributed by atoms with E-state index in [1.807, 2.05) is 17.8 Å². The van der Waals surface area contributed by atoms with E-state index in [9.17, 15) is 0 Å². The highest BCUT2D eigenvalue weighted by Crippen LogP contribution is 2.16. The Bertz CT molecular complexity index is 687. The van der Waals surface area contributed by atoms with Crippen molar-refractivity contribution >= 4 is 22.2 Å². The maximum Gasteiger partial charge on any atom is 0.0937 e. The van der Waals surface area contributed by atoms with Crippen LogP contribution in [0.15, 0.2) is 36.0 Å². The molecule has 0 amide bonds. The van der Waals surface area contributed by atoms with E-state index >= 15 is 0 Å². The first-order valence-corrected chi connectivity index (χ1v) is 8.15. The van der Waals surface area contributed by atoms with E-state index in [0.29, 0.717) is 6.04 Å². The molecule has 4 nitrogen and oxygen atoms in total. The highest BCUT2D eigenvalue weighted by atomic mass is 32.1. The second kappa shape index (κ2) is 6.37. The third-order valence-electron chi connectivity index (χ3n) is 3.72. The Balaban J connectivity index is 1.68. The molecular formula is C16H20N4S. The lowest BCUT2D eigenvalue weighted by Crippen LogP contribution is -2.32. The van der Waals surface area contributed by atoms with Crippen LogP contribution in [0.25, 0.3) is 10.9 Å². The topological polar surface area (TPSA) is 44.8 Å². The Morgan fingerprint density at radius 2 is 2.24 bits per heavy atom. The number of nitrogens with one attached hydrogen (secondary N) is 1. The number of benzene rings is 1. The van der Waals surface area contributed by atoms with E-state index in [-0.39, 0.29) is 0 Å². The molecule has 0 spiro atoms. The van der Waals surface area contributed by atoms with Gasteiger partial charge in [0.1, 0.15) is 0 Å². The fourth-order valence-electron chi connectivity index (χ4n) is 2.45. The average molecular weight is 300 g/mol. The van der Waals surface area contributed by atoms with Gasteiger partial charge in [-0.2, -0.15) is 5.10 Å². The van der Waals surface area contributed by atoms with Crippen LogP contribution in [0.3, 0.4) is 0 Å². The van der Waals surface area contributed by atoms with Crippen molar-refractivity contribution in [2.75, 3.05) is 6.54 Å². The predicted molar refractivity (Wildman–Crippen MR) is 87.5 cm³/mol. The van der Waals surface area contributed by atoms with Gasteiger partial charge in [-0.3, -0.25) is 10.00 Å². The molecule has 0 saturated heterocycles. The number of rotatable bonds is 6. The summed E-state index contributed by atoms with van der Waals surface area (Å²) in [5.41, 5.74) is 2.43. The molecule has 5 heteroatoms. The van der Waals surface area contributed by atoms with Gasteiger partial charge in [-0.25, -0.2) is 4.98 Å². The molecule has 0 saturated carbocycles. The highest BCUT2D eigenvalue weighted by Gasteiger charge is 2.11. The van der Waals surface area contributed by atoms with Gasteiger partial charge in [-0.15, -0.1) is 11.3 Å². The largest absolute Gasteiger partial charge is 0.296 e. The van der Waals surface area contributed by atoms with Crippen LogP contribution >= 0.6 is 11.3 Å². The third kappa shape index (κ3) is 3.49. The summed E-state index contributed by atoms with van der Waals surface area (Å²) in [4.78, 5) is 6.85. The quantitative estimate of drug-likeness (QED) is 0.758. The molecule has 2 aromatic heterocycles. The number of aromatic amines is 1. The Morgan fingerprint density at radius 1 is 1.33 bits per heavy atom. The van der Waals surface area contributed by atoms with Crippen LogP contribution in [0, 0.1) is 0 Å². The van der Waals surface area contributed by atoms with Crippen LogP contribution in [0.4, 0.5) is 0 Å². The zero-order valence-electron chi connectivity index (χ0n) is 12.4. The number of thiazole rings is 1. The molecule has 1 N–H and O–H groups in total. The molecule has 2 heterocycles. The normalized spacial score (nSPS) is 11.8. The van der Waals surface area contributed by atoms with Crippen molar-refractivity contribution in [2.24, 2.45) is 0 Å². The lowest BCUT2D eigenvalue weighted by Gasteiger charge is -2.26. The zero-order valence-corrected chi connectivity index (χ0v) is 13.2. The summed E-state index contributed by atoms with van der Waals surface area (Å²) in [5.74, 6) is 0. The summed E-state index contributed by atoms with van der Waals surface area (Å²) in [7, 11) is 0. The minimum Gasteiger partial charge on any atom is -0.296 e. The average Bonchev–Trinajstić information content (AvgIpc) is 3.13. The smallest absolute Gasteiger partial charge is 0.0937 e. The lowest BCUT2D eigenvalue weighted by atomic mass is 10.1. The molecule has 21 heavy (non-hydrogen) atoms. The van der Waals surface area contributed by atoms with Crippen molar-refractivity contribution in [1.82, 2.24) is 20.1 Å². The van der Waals surface area contributed by atoms with Gasteiger partial charge in [0.25, 0.3) is 0 Å². The molecule has 3 aromatic rings. The Kier molecular flexibility index (Phi) is 4.31. The second-order valence-corrected chi connectivity index (χ2v) is 6.51. The van der Waals surface area contributed by atoms with Gasteiger partial charge in [0, 0.05) is 42.5 Å². The van der Waals surface area contributed by atoms with E-state index in [2.05, 4.69) is 52.1 Å². The lowest BCUT2D eigenvalue weighted by molar-refractivity contribution is 0.215. The van der Waals surface area contributed by atoms with Crippen LogP contribution in [0.2, 0.25) is 0 Å². The van der Waals surface area contributed by atoms with Gasteiger partial charge in [-0.05, 0) is 25.5 Å². The van der Waals surface area contributed by atoms with Gasteiger partial charge in [0.15, 0.2) is 0 Å². The van der Waals surface area contributed by atoms with Crippen molar-refractivity contribution < 1.29 is 0 Å². The molecule has 0 aliphatic rings. The van der Waals surface area contributed by atoms with Crippen molar-refractivity contribution in [3.8, 4) is 0 Å². The van der Waals surface area contributed by atoms with E-state index in [1.54, 1.807) is 11.3 Å². The van der Waals surface area contributed by atoms with Gasteiger partial charge in [-0.1, -0.05) is 12.1 Å². The van der Waals surface area contributed by atoms with Gasteiger partial charge in [0.2, 0.25) is 0 Å². The van der Waals surface area contributed by atoms with Crippen LogP contribution in [0.1, 0.15) is 24.4 Å². The van der Waals surface area contributed by atoms with Crippen LogP contribution in [-0.4, -0.2) is 32.7 Å². The van der Waals surface area contributed by atoms with E-state index in [1.165, 1.54) is 10.6 Å². The SMILES string of the molecule is CC(C)N(CCc1nccs1)Cc1ccc2cn[nH]c2c1. The maximum atomic E-state index is 4.37. The molecule has 110 valence electrons. The molecular weight excluding hydrogens is 280 g/mol. The number of aromatic nitrogens is 3. The summed E-state index contributed by atoms with van der Waals surface area (Å²) in [6.07, 6.45) is 4.76. The Labute approximate surface area is 128 Å². The number of hydrogen-bond donors (Lipinski definition) is 1. The zero-order chi connectivity index (χ0) is 14.7. The predicted octanol–water partition coefficient (Wildman–Crippen LogP) is 3.47. The summed E-state index contributed by atoms with van der Waals surface area (Å²) in [6, 6.07) is 7.04. The summed E-state index contributed by atoms with van der Waals surface area (Å²) >= 11 is 1.73. The van der Waals surface area contributed by atoms with Gasteiger partial charge >= 0.3 is 0 Å². The van der Waals surface area contributed by atoms with Crippen LogP contribution < -0.4 is 0 Å². The van der Waals surface area contributed by atoms with Crippen molar-refractivity contribution in [1.29, 1.82) is 0 Å². The van der Waals surface area contributed by atoms with Crippen LogP contribution in [-0.2, 0) is 13.0 Å². The van der Waals surface area contributed by atoms with Crippen molar-refractivity contribution in [2.45, 2.75) is 32.9 Å². The van der Waals surface area contributed by atoms with Crippen molar-refractivity contribution in [3.05, 3.63) is 46.5 Å². The van der Waals surface area contributed by atoms with Crippen molar-refractivity contribution in [3.63, 3.8) is 0 Å². The van der Waals surface area contributed by atoms with Gasteiger partial charge < -0.3 is 0 Å². The number of nitrogens with zero attached hydrogens (tertiary/aromatic N) is 3. The first kappa shape index (κ1) is 14.2. The van der Waals surface area contributed by atoms with Crippen LogP contribution in [0.5, 0.6) is 0 Å². The minimum atomic E-state index is 0.516.